The van der Waals surface area contributed by atoms with E-state index in [4.69, 9.17) is 27.4 Å². The molecule has 0 saturated carbocycles. The molecule has 0 rings (SSSR count). The monoisotopic (exact) mass is 290 g/mol. The molecule has 0 bridgehead atoms. The predicted molar refractivity (Wildman–Crippen MR) is 66.2 cm³/mol. The Morgan fingerprint density at radius 3 is 1.90 bits per heavy atom. The van der Waals surface area contributed by atoms with Crippen molar-refractivity contribution in [1.29, 1.82) is 0 Å². The molecule has 0 fully saturated rings. The van der Waals surface area contributed by atoms with Gasteiger partial charge in [0.1, 0.15) is 12.1 Å². The first kappa shape index (κ1) is 17.8. The van der Waals surface area contributed by atoms with Crippen LogP contribution in [-0.2, 0) is 19.2 Å². The summed E-state index contributed by atoms with van der Waals surface area (Å²) >= 11 is 0. The van der Waals surface area contributed by atoms with Crippen molar-refractivity contribution in [1.82, 2.24) is 5.32 Å². The van der Waals surface area contributed by atoms with E-state index in [9.17, 15) is 19.2 Å². The number of nitrogens with two attached hydrogens (primary N) is 3. The van der Waals surface area contributed by atoms with E-state index in [2.05, 4.69) is 5.32 Å². The lowest BCUT2D eigenvalue weighted by Crippen LogP contribution is -2.52. The standard InChI is InChI=1S/C10H18N4O6/c11-4(9(17)18)3-6(8(13)16)14-5(10(19)20)1-2-7(12)15/h4-6,14H,1-3,11H2,(H2,12,15)(H2,13,16)(H,17,18)(H,19,20)/t4-,5-,6?/m0/s1. The van der Waals surface area contributed by atoms with Crippen molar-refractivity contribution in [3.8, 4) is 0 Å². The molecule has 114 valence electrons. The number of primary amides is 2. The van der Waals surface area contributed by atoms with Crippen LogP contribution >= 0.6 is 0 Å². The first-order chi connectivity index (χ1) is 9.15. The Kier molecular flexibility index (Phi) is 7.18. The number of nitrogens with one attached hydrogen (secondary N) is 1. The van der Waals surface area contributed by atoms with Crippen LogP contribution in [0.1, 0.15) is 19.3 Å². The molecular weight excluding hydrogens is 272 g/mol. The van der Waals surface area contributed by atoms with Crippen LogP contribution in [0.5, 0.6) is 0 Å². The van der Waals surface area contributed by atoms with Crippen molar-refractivity contribution in [2.75, 3.05) is 0 Å². The molecule has 0 saturated heterocycles. The van der Waals surface area contributed by atoms with Crippen LogP contribution in [0.3, 0.4) is 0 Å². The molecule has 0 aliphatic carbocycles. The molecule has 9 N–H and O–H groups in total. The molecule has 1 unspecified atom stereocenters. The van der Waals surface area contributed by atoms with Crippen LogP contribution in [0.15, 0.2) is 0 Å². The molecule has 0 heterocycles. The molecule has 0 spiro atoms. The Labute approximate surface area is 114 Å². The third-order valence-electron chi connectivity index (χ3n) is 2.53. The highest BCUT2D eigenvalue weighted by Crippen LogP contribution is 2.03. The Balaban J connectivity index is 4.74. The zero-order valence-corrected chi connectivity index (χ0v) is 10.6. The van der Waals surface area contributed by atoms with Crippen LogP contribution in [-0.4, -0.2) is 52.1 Å². The van der Waals surface area contributed by atoms with Crippen LogP contribution in [0.25, 0.3) is 0 Å². The summed E-state index contributed by atoms with van der Waals surface area (Å²) in [5.41, 5.74) is 15.2. The topological polar surface area (TPSA) is 199 Å². The second-order valence-corrected chi connectivity index (χ2v) is 4.20. The Morgan fingerprint density at radius 2 is 1.55 bits per heavy atom. The van der Waals surface area contributed by atoms with Crippen molar-refractivity contribution in [2.24, 2.45) is 17.2 Å². The minimum Gasteiger partial charge on any atom is -0.480 e. The quantitative estimate of drug-likeness (QED) is 0.243. The maximum absolute atomic E-state index is 11.2. The number of aliphatic carboxylic acids is 2. The molecule has 2 amide bonds. The summed E-state index contributed by atoms with van der Waals surface area (Å²) in [4.78, 5) is 43.4. The fourth-order valence-electron chi connectivity index (χ4n) is 1.43. The van der Waals surface area contributed by atoms with E-state index in [0.29, 0.717) is 0 Å². The smallest absolute Gasteiger partial charge is 0.320 e. The fraction of sp³-hybridized carbons (Fsp3) is 0.600. The lowest BCUT2D eigenvalue weighted by Gasteiger charge is -2.22. The first-order valence-corrected chi connectivity index (χ1v) is 5.70. The largest absolute Gasteiger partial charge is 0.480 e. The number of carbonyl (C=O) groups excluding carboxylic acids is 2. The minimum absolute atomic E-state index is 0.156. The molecule has 0 radical (unpaired) electrons. The number of hydrogen-bond acceptors (Lipinski definition) is 6. The predicted octanol–water partition coefficient (Wildman–Crippen LogP) is -3.05. The Hall–Kier alpha value is -2.20. The fourth-order valence-corrected chi connectivity index (χ4v) is 1.43. The zero-order chi connectivity index (χ0) is 15.9. The van der Waals surface area contributed by atoms with Gasteiger partial charge in [-0.05, 0) is 12.8 Å². The maximum atomic E-state index is 11.2. The third-order valence-corrected chi connectivity index (χ3v) is 2.53. The third kappa shape index (κ3) is 6.66. The maximum Gasteiger partial charge on any atom is 0.320 e. The van der Waals surface area contributed by atoms with Crippen molar-refractivity contribution >= 4 is 23.8 Å². The van der Waals surface area contributed by atoms with E-state index in [1.807, 2.05) is 0 Å². The summed E-state index contributed by atoms with van der Waals surface area (Å²) < 4.78 is 0. The average Bonchev–Trinajstić information content (AvgIpc) is 2.31. The Bertz CT molecular complexity index is 399. The second-order valence-electron chi connectivity index (χ2n) is 4.20. The van der Waals surface area contributed by atoms with Crippen molar-refractivity contribution in [2.45, 2.75) is 37.4 Å². The highest BCUT2D eigenvalue weighted by Gasteiger charge is 2.28. The first-order valence-electron chi connectivity index (χ1n) is 5.70. The summed E-state index contributed by atoms with van der Waals surface area (Å²) in [5, 5.41) is 20.0. The number of hydrogen-bond donors (Lipinski definition) is 6. The van der Waals surface area contributed by atoms with Crippen molar-refractivity contribution in [3.63, 3.8) is 0 Å². The van der Waals surface area contributed by atoms with Gasteiger partial charge in [-0.15, -0.1) is 0 Å². The van der Waals surface area contributed by atoms with E-state index in [-0.39, 0.29) is 19.3 Å². The van der Waals surface area contributed by atoms with Crippen molar-refractivity contribution in [3.05, 3.63) is 0 Å². The van der Waals surface area contributed by atoms with E-state index in [0.717, 1.165) is 0 Å². The molecule has 0 aromatic carbocycles. The number of rotatable bonds is 10. The molecular formula is C10H18N4O6. The van der Waals surface area contributed by atoms with Gasteiger partial charge in [-0.25, -0.2) is 0 Å². The molecule has 0 aromatic rings. The number of carboxylic acid groups (broad SMARTS) is 2. The van der Waals surface area contributed by atoms with Crippen LogP contribution < -0.4 is 22.5 Å². The van der Waals surface area contributed by atoms with Gasteiger partial charge >= 0.3 is 11.9 Å². The molecule has 0 aliphatic rings. The molecule has 10 heteroatoms. The summed E-state index contributed by atoms with van der Waals surface area (Å²) in [6.07, 6.45) is -0.734. The van der Waals surface area contributed by atoms with Gasteiger partial charge in [0.05, 0.1) is 6.04 Å². The molecule has 10 nitrogen and oxygen atoms in total. The minimum atomic E-state index is -1.37. The molecule has 0 aromatic heterocycles. The molecule has 0 aliphatic heterocycles. The highest BCUT2D eigenvalue weighted by atomic mass is 16.4. The lowest BCUT2D eigenvalue weighted by atomic mass is 10.0. The van der Waals surface area contributed by atoms with Crippen LogP contribution in [0.4, 0.5) is 0 Å². The number of carboxylic acids is 2. The van der Waals surface area contributed by atoms with Gasteiger partial charge in [-0.2, -0.15) is 0 Å². The molecule has 20 heavy (non-hydrogen) atoms. The van der Waals surface area contributed by atoms with Gasteiger partial charge in [0.25, 0.3) is 0 Å². The SMILES string of the molecule is NC(=O)CC[C@H](NC(C[C@H](N)C(=O)O)C(N)=O)C(=O)O. The lowest BCUT2D eigenvalue weighted by molar-refractivity contribution is -0.140. The van der Waals surface area contributed by atoms with Gasteiger partial charge in [0, 0.05) is 6.42 Å². The van der Waals surface area contributed by atoms with Gasteiger partial charge in [0.2, 0.25) is 11.8 Å². The normalized spacial score (nSPS) is 15.1. The second kappa shape index (κ2) is 8.07. The van der Waals surface area contributed by atoms with Gasteiger partial charge < -0.3 is 27.4 Å². The van der Waals surface area contributed by atoms with E-state index < -0.39 is 41.9 Å². The summed E-state index contributed by atoms with van der Waals surface area (Å²) in [6.45, 7) is 0. The number of carbonyl (C=O) groups is 4. The van der Waals surface area contributed by atoms with Crippen molar-refractivity contribution < 1.29 is 29.4 Å². The average molecular weight is 290 g/mol. The van der Waals surface area contributed by atoms with Crippen LogP contribution in [0.2, 0.25) is 0 Å². The summed E-state index contributed by atoms with van der Waals surface area (Å²) in [6, 6.07) is -3.87. The van der Waals surface area contributed by atoms with E-state index in [1.165, 1.54) is 0 Å². The van der Waals surface area contributed by atoms with Gasteiger partial charge in [-0.3, -0.25) is 24.5 Å². The van der Waals surface area contributed by atoms with Gasteiger partial charge in [-0.1, -0.05) is 0 Å². The van der Waals surface area contributed by atoms with Crippen LogP contribution in [0, 0.1) is 0 Å². The van der Waals surface area contributed by atoms with Gasteiger partial charge in [0.15, 0.2) is 0 Å². The summed E-state index contributed by atoms with van der Waals surface area (Å²) in [5.74, 6) is -4.30. The summed E-state index contributed by atoms with van der Waals surface area (Å²) in [7, 11) is 0. The number of amides is 2. The zero-order valence-electron chi connectivity index (χ0n) is 10.6. The molecule has 3 atom stereocenters. The Morgan fingerprint density at radius 1 is 1.00 bits per heavy atom. The van der Waals surface area contributed by atoms with E-state index >= 15 is 0 Å². The van der Waals surface area contributed by atoms with E-state index in [1.54, 1.807) is 0 Å². The highest BCUT2D eigenvalue weighted by molar-refractivity contribution is 5.83.